The summed E-state index contributed by atoms with van der Waals surface area (Å²) in [7, 11) is 0. The summed E-state index contributed by atoms with van der Waals surface area (Å²) in [4.78, 5) is 35.5. The number of hydrogen-bond acceptors (Lipinski definition) is 4. The van der Waals surface area contributed by atoms with Crippen molar-refractivity contribution in [3.05, 3.63) is 57.0 Å². The van der Waals surface area contributed by atoms with Crippen LogP contribution in [-0.4, -0.2) is 24.4 Å². The predicted molar refractivity (Wildman–Crippen MR) is 110 cm³/mol. The zero-order valence-corrected chi connectivity index (χ0v) is 17.1. The second-order valence-corrected chi connectivity index (χ2v) is 7.01. The van der Waals surface area contributed by atoms with E-state index in [1.54, 1.807) is 36.4 Å². The SMILES string of the molecule is Cc1ccc(NC(=O)CCC(=O)OCC(=O)Nc2cccc(Cl)c2Cl)cc1Cl. The first kappa shape index (κ1) is 22.0. The summed E-state index contributed by atoms with van der Waals surface area (Å²) in [6.45, 7) is 1.34. The van der Waals surface area contributed by atoms with Gasteiger partial charge in [-0.3, -0.25) is 14.4 Å². The van der Waals surface area contributed by atoms with Crippen molar-refractivity contribution < 1.29 is 19.1 Å². The summed E-state index contributed by atoms with van der Waals surface area (Å²) in [5.74, 6) is -1.62. The van der Waals surface area contributed by atoms with Gasteiger partial charge in [-0.2, -0.15) is 0 Å². The van der Waals surface area contributed by atoms with E-state index < -0.39 is 18.5 Å². The monoisotopic (exact) mass is 442 g/mol. The Kier molecular flexibility index (Phi) is 8.11. The number of esters is 1. The highest BCUT2D eigenvalue weighted by molar-refractivity contribution is 6.44. The standard InChI is InChI=1S/C19H17Cl3N2O4/c1-11-5-6-12(9-14(11)21)23-16(25)7-8-18(27)28-10-17(26)24-15-4-2-3-13(20)19(15)22/h2-6,9H,7-8,10H2,1H3,(H,23,25)(H,24,26). The number of aryl methyl sites for hydroxylation is 1. The Labute approximate surface area is 177 Å². The molecule has 0 fully saturated rings. The van der Waals surface area contributed by atoms with Gasteiger partial charge in [-0.05, 0) is 36.8 Å². The van der Waals surface area contributed by atoms with E-state index in [1.807, 2.05) is 6.92 Å². The van der Waals surface area contributed by atoms with Crippen molar-refractivity contribution in [1.82, 2.24) is 0 Å². The van der Waals surface area contributed by atoms with E-state index in [-0.39, 0.29) is 28.8 Å². The van der Waals surface area contributed by atoms with Crippen LogP contribution in [0, 0.1) is 6.92 Å². The summed E-state index contributed by atoms with van der Waals surface area (Å²) in [5, 5.41) is 6.14. The Balaban J connectivity index is 1.73. The van der Waals surface area contributed by atoms with Crippen LogP contribution < -0.4 is 10.6 Å². The van der Waals surface area contributed by atoms with E-state index in [1.165, 1.54) is 0 Å². The molecule has 2 amide bonds. The highest BCUT2D eigenvalue weighted by Crippen LogP contribution is 2.29. The first-order valence-corrected chi connectivity index (χ1v) is 9.35. The van der Waals surface area contributed by atoms with Gasteiger partial charge in [0, 0.05) is 17.1 Å². The van der Waals surface area contributed by atoms with E-state index in [2.05, 4.69) is 10.6 Å². The maximum Gasteiger partial charge on any atom is 0.306 e. The largest absolute Gasteiger partial charge is 0.456 e. The lowest BCUT2D eigenvalue weighted by atomic mass is 10.2. The van der Waals surface area contributed by atoms with Crippen molar-refractivity contribution in [2.24, 2.45) is 0 Å². The van der Waals surface area contributed by atoms with Crippen LogP contribution in [0.4, 0.5) is 11.4 Å². The molecular formula is C19H17Cl3N2O4. The van der Waals surface area contributed by atoms with Gasteiger partial charge < -0.3 is 15.4 Å². The molecule has 6 nitrogen and oxygen atoms in total. The number of benzene rings is 2. The molecule has 0 radical (unpaired) electrons. The van der Waals surface area contributed by atoms with E-state index >= 15 is 0 Å². The third-order valence-electron chi connectivity index (χ3n) is 3.60. The van der Waals surface area contributed by atoms with Gasteiger partial charge in [0.1, 0.15) is 0 Å². The molecule has 0 aromatic heterocycles. The van der Waals surface area contributed by atoms with Crippen LogP contribution in [0.2, 0.25) is 15.1 Å². The third-order valence-corrected chi connectivity index (χ3v) is 4.83. The minimum absolute atomic E-state index is 0.0912. The van der Waals surface area contributed by atoms with E-state index in [0.29, 0.717) is 16.4 Å². The van der Waals surface area contributed by atoms with Crippen LogP contribution in [-0.2, 0) is 19.1 Å². The van der Waals surface area contributed by atoms with Gasteiger partial charge in [-0.25, -0.2) is 0 Å². The van der Waals surface area contributed by atoms with Crippen LogP contribution in [0.15, 0.2) is 36.4 Å². The molecule has 0 saturated heterocycles. The molecule has 0 saturated carbocycles. The fourth-order valence-electron chi connectivity index (χ4n) is 2.11. The summed E-state index contributed by atoms with van der Waals surface area (Å²) in [6.07, 6.45) is -0.261. The lowest BCUT2D eigenvalue weighted by Crippen LogP contribution is -2.22. The second kappa shape index (κ2) is 10.3. The van der Waals surface area contributed by atoms with Gasteiger partial charge in [-0.15, -0.1) is 0 Å². The summed E-state index contributed by atoms with van der Waals surface area (Å²) in [6, 6.07) is 9.87. The molecular weight excluding hydrogens is 427 g/mol. The van der Waals surface area contributed by atoms with Gasteiger partial charge in [0.2, 0.25) is 5.91 Å². The van der Waals surface area contributed by atoms with Gasteiger partial charge in [0.25, 0.3) is 5.91 Å². The topological polar surface area (TPSA) is 84.5 Å². The Morgan fingerprint density at radius 2 is 1.68 bits per heavy atom. The van der Waals surface area contributed by atoms with Crippen molar-refractivity contribution in [1.29, 1.82) is 0 Å². The number of amides is 2. The lowest BCUT2D eigenvalue weighted by molar-refractivity contribution is -0.147. The molecule has 0 aliphatic carbocycles. The zero-order chi connectivity index (χ0) is 20.7. The van der Waals surface area contributed by atoms with E-state index in [9.17, 15) is 14.4 Å². The Morgan fingerprint density at radius 3 is 2.39 bits per heavy atom. The number of hydrogen-bond donors (Lipinski definition) is 2. The minimum atomic E-state index is -0.676. The molecule has 0 aliphatic rings. The molecule has 2 aromatic carbocycles. The molecule has 0 spiro atoms. The van der Waals surface area contributed by atoms with Crippen LogP contribution >= 0.6 is 34.8 Å². The molecule has 2 aromatic rings. The number of anilines is 2. The first-order chi connectivity index (χ1) is 13.3. The van der Waals surface area contributed by atoms with Crippen molar-refractivity contribution in [3.8, 4) is 0 Å². The molecule has 0 aliphatic heterocycles. The second-order valence-electron chi connectivity index (χ2n) is 5.82. The van der Waals surface area contributed by atoms with E-state index in [4.69, 9.17) is 39.5 Å². The minimum Gasteiger partial charge on any atom is -0.456 e. The van der Waals surface area contributed by atoms with Crippen LogP contribution in [0.1, 0.15) is 18.4 Å². The van der Waals surface area contributed by atoms with Crippen molar-refractivity contribution in [3.63, 3.8) is 0 Å². The molecule has 9 heteroatoms. The predicted octanol–water partition coefficient (Wildman–Crippen LogP) is 4.86. The van der Waals surface area contributed by atoms with Crippen molar-refractivity contribution in [2.75, 3.05) is 17.2 Å². The summed E-state index contributed by atoms with van der Waals surface area (Å²) in [5.41, 5.74) is 1.73. The molecule has 2 rings (SSSR count). The third kappa shape index (κ3) is 6.71. The zero-order valence-electron chi connectivity index (χ0n) is 14.9. The number of carbonyl (C=O) groups excluding carboxylic acids is 3. The maximum absolute atomic E-state index is 11.9. The van der Waals surface area contributed by atoms with Crippen LogP contribution in [0.5, 0.6) is 0 Å². The molecule has 0 unspecified atom stereocenters. The smallest absolute Gasteiger partial charge is 0.306 e. The quantitative estimate of drug-likeness (QED) is 0.599. The van der Waals surface area contributed by atoms with E-state index in [0.717, 1.165) is 5.56 Å². The number of rotatable bonds is 7. The summed E-state index contributed by atoms with van der Waals surface area (Å²) < 4.78 is 4.85. The van der Waals surface area contributed by atoms with Crippen molar-refractivity contribution >= 4 is 64.0 Å². The number of carbonyl (C=O) groups is 3. The number of halogens is 3. The normalized spacial score (nSPS) is 10.3. The Bertz CT molecular complexity index is 903. The number of nitrogens with one attached hydrogen (secondary N) is 2. The Hall–Kier alpha value is -2.28. The fraction of sp³-hybridized carbons (Fsp3) is 0.211. The molecule has 28 heavy (non-hydrogen) atoms. The average molecular weight is 444 g/mol. The number of ether oxygens (including phenoxy) is 1. The lowest BCUT2D eigenvalue weighted by Gasteiger charge is -2.09. The molecule has 0 atom stereocenters. The summed E-state index contributed by atoms with van der Waals surface area (Å²) >= 11 is 17.8. The highest BCUT2D eigenvalue weighted by Gasteiger charge is 2.13. The Morgan fingerprint density at radius 1 is 0.929 bits per heavy atom. The average Bonchev–Trinajstić information content (AvgIpc) is 2.65. The van der Waals surface area contributed by atoms with Gasteiger partial charge in [-0.1, -0.05) is 46.9 Å². The first-order valence-electron chi connectivity index (χ1n) is 8.21. The molecule has 2 N–H and O–H groups in total. The molecule has 148 valence electrons. The van der Waals surface area contributed by atoms with Gasteiger partial charge in [0.15, 0.2) is 6.61 Å². The van der Waals surface area contributed by atoms with Gasteiger partial charge >= 0.3 is 5.97 Å². The fourth-order valence-corrected chi connectivity index (χ4v) is 2.64. The van der Waals surface area contributed by atoms with Gasteiger partial charge in [0.05, 0.1) is 22.2 Å². The molecule has 0 bridgehead atoms. The highest BCUT2D eigenvalue weighted by atomic mass is 35.5. The van der Waals surface area contributed by atoms with Crippen LogP contribution in [0.3, 0.4) is 0 Å². The van der Waals surface area contributed by atoms with Crippen molar-refractivity contribution in [2.45, 2.75) is 19.8 Å². The molecule has 0 heterocycles. The van der Waals surface area contributed by atoms with Crippen LogP contribution in [0.25, 0.3) is 0 Å². The maximum atomic E-state index is 11.9.